The van der Waals surface area contributed by atoms with Crippen LogP contribution in [0.3, 0.4) is 0 Å². The fourth-order valence-electron chi connectivity index (χ4n) is 3.29. The first-order valence-electron chi connectivity index (χ1n) is 7.08. The first kappa shape index (κ1) is 13.6. The largest absolute Gasteiger partial charge is 0.373 e. The summed E-state index contributed by atoms with van der Waals surface area (Å²) in [6.45, 7) is 9.23. The summed E-state index contributed by atoms with van der Waals surface area (Å²) in [5, 5.41) is 0. The van der Waals surface area contributed by atoms with Gasteiger partial charge in [-0.15, -0.1) is 0 Å². The van der Waals surface area contributed by atoms with Crippen LogP contribution in [0.1, 0.15) is 52.4 Å². The number of amides is 1. The van der Waals surface area contributed by atoms with Crippen LogP contribution in [0, 0.1) is 0 Å². The molecular weight excluding hydrogens is 226 g/mol. The van der Waals surface area contributed by atoms with Crippen LogP contribution in [-0.2, 0) is 9.53 Å². The van der Waals surface area contributed by atoms with E-state index in [0.717, 1.165) is 31.4 Å². The second-order valence-electron chi connectivity index (χ2n) is 6.01. The van der Waals surface area contributed by atoms with Gasteiger partial charge in [-0.05, 0) is 26.2 Å². The lowest BCUT2D eigenvalue weighted by Gasteiger charge is -2.46. The Morgan fingerprint density at radius 3 is 2.39 bits per heavy atom. The summed E-state index contributed by atoms with van der Waals surface area (Å²) in [6.07, 6.45) is 7.40. The van der Waals surface area contributed by atoms with Crippen molar-refractivity contribution >= 4 is 5.91 Å². The quantitative estimate of drug-likeness (QED) is 0.556. The molecule has 1 heterocycles. The Morgan fingerprint density at radius 2 is 1.94 bits per heavy atom. The second kappa shape index (κ2) is 5.43. The molecule has 0 N–H and O–H groups in total. The van der Waals surface area contributed by atoms with E-state index in [1.165, 1.54) is 19.3 Å². The van der Waals surface area contributed by atoms with Gasteiger partial charge >= 0.3 is 0 Å². The molecule has 2 rings (SSSR count). The third kappa shape index (κ3) is 3.14. The molecule has 102 valence electrons. The maximum Gasteiger partial charge on any atom is 0.220 e. The summed E-state index contributed by atoms with van der Waals surface area (Å²) < 4.78 is 5.41. The highest BCUT2D eigenvalue weighted by atomic mass is 16.6. The SMILES string of the molecule is C=C(C)CN(C(C)=O)C1(CC2CO2)CCCCC1. The van der Waals surface area contributed by atoms with Crippen LogP contribution in [0.5, 0.6) is 0 Å². The molecule has 1 atom stereocenters. The Bertz CT molecular complexity index is 327. The zero-order chi connectivity index (χ0) is 13.2. The van der Waals surface area contributed by atoms with Gasteiger partial charge in [0.15, 0.2) is 0 Å². The molecule has 3 nitrogen and oxygen atoms in total. The van der Waals surface area contributed by atoms with E-state index in [-0.39, 0.29) is 11.4 Å². The van der Waals surface area contributed by atoms with E-state index < -0.39 is 0 Å². The van der Waals surface area contributed by atoms with Gasteiger partial charge in [0.25, 0.3) is 0 Å². The van der Waals surface area contributed by atoms with Gasteiger partial charge in [0.1, 0.15) is 0 Å². The van der Waals surface area contributed by atoms with Gasteiger partial charge in [-0.2, -0.15) is 0 Å². The number of epoxide rings is 1. The number of carbonyl (C=O) groups excluding carboxylic acids is 1. The molecule has 1 unspecified atom stereocenters. The van der Waals surface area contributed by atoms with Crippen molar-refractivity contribution in [1.82, 2.24) is 4.90 Å². The smallest absolute Gasteiger partial charge is 0.220 e. The molecular formula is C15H25NO2. The van der Waals surface area contributed by atoms with Crippen molar-refractivity contribution in [1.29, 1.82) is 0 Å². The molecule has 1 aliphatic carbocycles. The highest BCUT2D eigenvalue weighted by Crippen LogP contribution is 2.40. The van der Waals surface area contributed by atoms with Crippen molar-refractivity contribution in [3.8, 4) is 0 Å². The predicted molar refractivity (Wildman–Crippen MR) is 72.4 cm³/mol. The monoisotopic (exact) mass is 251 g/mol. The summed E-state index contributed by atoms with van der Waals surface area (Å²) in [4.78, 5) is 14.1. The molecule has 2 fully saturated rings. The van der Waals surface area contributed by atoms with Crippen LogP contribution < -0.4 is 0 Å². The zero-order valence-corrected chi connectivity index (χ0v) is 11.7. The lowest BCUT2D eigenvalue weighted by Crippen LogP contribution is -2.53. The van der Waals surface area contributed by atoms with Crippen LogP contribution in [0.2, 0.25) is 0 Å². The minimum Gasteiger partial charge on any atom is -0.373 e. The molecule has 0 bridgehead atoms. The lowest BCUT2D eigenvalue weighted by atomic mass is 9.76. The Hall–Kier alpha value is -0.830. The molecule has 18 heavy (non-hydrogen) atoms. The summed E-state index contributed by atoms with van der Waals surface area (Å²) in [7, 11) is 0. The normalized spacial score (nSPS) is 25.6. The third-order valence-electron chi connectivity index (χ3n) is 4.17. The van der Waals surface area contributed by atoms with Gasteiger partial charge in [-0.3, -0.25) is 4.79 Å². The standard InChI is InChI=1S/C15H25NO2/c1-12(2)10-16(13(3)17)15(9-14-11-18-14)7-5-4-6-8-15/h14H,1,4-11H2,2-3H3. The van der Waals surface area contributed by atoms with E-state index in [1.54, 1.807) is 6.92 Å². The van der Waals surface area contributed by atoms with E-state index in [0.29, 0.717) is 12.6 Å². The first-order valence-corrected chi connectivity index (χ1v) is 7.08. The molecule has 2 aliphatic rings. The average molecular weight is 251 g/mol. The predicted octanol–water partition coefficient (Wildman–Crippen LogP) is 2.90. The van der Waals surface area contributed by atoms with Crippen molar-refractivity contribution in [2.45, 2.75) is 64.0 Å². The number of ether oxygens (including phenoxy) is 1. The highest BCUT2D eigenvalue weighted by Gasteiger charge is 2.43. The van der Waals surface area contributed by atoms with Crippen molar-refractivity contribution in [3.63, 3.8) is 0 Å². The Kier molecular flexibility index (Phi) is 4.10. The number of rotatable bonds is 5. The molecule has 0 aromatic heterocycles. The van der Waals surface area contributed by atoms with Gasteiger partial charge in [-0.25, -0.2) is 0 Å². The summed E-state index contributed by atoms with van der Waals surface area (Å²) >= 11 is 0. The maximum atomic E-state index is 12.0. The van der Waals surface area contributed by atoms with Crippen LogP contribution in [0.25, 0.3) is 0 Å². The highest BCUT2D eigenvalue weighted by molar-refractivity contribution is 5.74. The van der Waals surface area contributed by atoms with Crippen LogP contribution in [-0.4, -0.2) is 35.6 Å². The van der Waals surface area contributed by atoms with Crippen molar-refractivity contribution in [2.24, 2.45) is 0 Å². The van der Waals surface area contributed by atoms with Gasteiger partial charge in [0, 0.05) is 19.0 Å². The molecule has 0 aromatic rings. The Labute approximate surface area is 110 Å². The van der Waals surface area contributed by atoms with Gasteiger partial charge < -0.3 is 9.64 Å². The molecule has 3 heteroatoms. The van der Waals surface area contributed by atoms with Crippen molar-refractivity contribution in [3.05, 3.63) is 12.2 Å². The van der Waals surface area contributed by atoms with Crippen molar-refractivity contribution < 1.29 is 9.53 Å². The Morgan fingerprint density at radius 1 is 1.33 bits per heavy atom. The number of hydrogen-bond donors (Lipinski definition) is 0. The molecule has 0 aromatic carbocycles. The van der Waals surface area contributed by atoms with E-state index in [9.17, 15) is 4.79 Å². The fraction of sp³-hybridized carbons (Fsp3) is 0.800. The number of nitrogens with zero attached hydrogens (tertiary/aromatic N) is 1. The van der Waals surface area contributed by atoms with E-state index in [4.69, 9.17) is 4.74 Å². The maximum absolute atomic E-state index is 12.0. The minimum atomic E-state index is 0.0319. The van der Waals surface area contributed by atoms with Crippen molar-refractivity contribution in [2.75, 3.05) is 13.2 Å². The molecule has 1 saturated carbocycles. The third-order valence-corrected chi connectivity index (χ3v) is 4.17. The Balaban J connectivity index is 2.17. The topological polar surface area (TPSA) is 32.8 Å². The molecule has 0 radical (unpaired) electrons. The van der Waals surface area contributed by atoms with E-state index in [1.807, 2.05) is 6.92 Å². The number of carbonyl (C=O) groups is 1. The average Bonchev–Trinajstić information content (AvgIpc) is 3.10. The molecule has 1 amide bonds. The lowest BCUT2D eigenvalue weighted by molar-refractivity contribution is -0.136. The van der Waals surface area contributed by atoms with Gasteiger partial charge in [0.2, 0.25) is 5.91 Å². The second-order valence-corrected chi connectivity index (χ2v) is 6.01. The zero-order valence-electron chi connectivity index (χ0n) is 11.7. The molecule has 1 saturated heterocycles. The minimum absolute atomic E-state index is 0.0319. The van der Waals surface area contributed by atoms with E-state index >= 15 is 0 Å². The van der Waals surface area contributed by atoms with Crippen LogP contribution in [0.15, 0.2) is 12.2 Å². The summed E-state index contributed by atoms with van der Waals surface area (Å²) in [5.41, 5.74) is 1.09. The number of hydrogen-bond acceptors (Lipinski definition) is 2. The van der Waals surface area contributed by atoms with E-state index in [2.05, 4.69) is 11.5 Å². The van der Waals surface area contributed by atoms with Crippen LogP contribution in [0.4, 0.5) is 0 Å². The molecule has 1 aliphatic heterocycles. The van der Waals surface area contributed by atoms with Gasteiger partial charge in [0.05, 0.1) is 12.7 Å². The molecule has 0 spiro atoms. The summed E-state index contributed by atoms with van der Waals surface area (Å²) in [5.74, 6) is 0.181. The fourth-order valence-corrected chi connectivity index (χ4v) is 3.29. The summed E-state index contributed by atoms with van der Waals surface area (Å²) in [6, 6.07) is 0. The van der Waals surface area contributed by atoms with Gasteiger partial charge in [-0.1, -0.05) is 31.4 Å². The van der Waals surface area contributed by atoms with Crippen LogP contribution >= 0.6 is 0 Å². The first-order chi connectivity index (χ1) is 8.53.